The zero-order valence-electron chi connectivity index (χ0n) is 14.3. The number of piperazine rings is 1. The van der Waals surface area contributed by atoms with Crippen LogP contribution in [0.5, 0.6) is 0 Å². The molecule has 0 aromatic rings. The molecule has 0 radical (unpaired) electrons. The van der Waals surface area contributed by atoms with Crippen LogP contribution < -0.4 is 5.32 Å². The average Bonchev–Trinajstić information content (AvgIpc) is 2.74. The third-order valence-electron chi connectivity index (χ3n) is 4.72. The summed E-state index contributed by atoms with van der Waals surface area (Å²) in [5.74, 6) is -0.820. The number of aliphatic hydroxyl groups excluding tert-OH is 1. The van der Waals surface area contributed by atoms with Crippen molar-refractivity contribution in [2.75, 3.05) is 39.3 Å². The summed E-state index contributed by atoms with van der Waals surface area (Å²) in [6.07, 6.45) is 2.45. The van der Waals surface area contributed by atoms with Crippen molar-refractivity contribution >= 4 is 22.2 Å². The highest BCUT2D eigenvalue weighted by molar-refractivity contribution is 7.84. The second-order valence-electron chi connectivity index (χ2n) is 6.40. The first-order valence-electron chi connectivity index (χ1n) is 8.43. The van der Waals surface area contributed by atoms with Gasteiger partial charge in [-0.15, -0.1) is 0 Å². The van der Waals surface area contributed by atoms with Gasteiger partial charge in [-0.2, -0.15) is 8.42 Å². The maximum Gasteiger partial charge on any atom is 0.362 e. The molecule has 2 unspecified atom stereocenters. The highest BCUT2D eigenvalue weighted by Gasteiger charge is 2.39. The summed E-state index contributed by atoms with van der Waals surface area (Å²) in [6, 6.07) is -1.40. The van der Waals surface area contributed by atoms with Crippen molar-refractivity contribution in [3.63, 3.8) is 0 Å². The van der Waals surface area contributed by atoms with E-state index in [2.05, 4.69) is 10.2 Å². The summed E-state index contributed by atoms with van der Waals surface area (Å²) in [5.41, 5.74) is 0. The SMILES string of the molecule is CC1C(=O)N(S(=O)(=O)O)CCN1C(=O)NC1CCCN(CCO)CC1. The molecule has 3 amide bonds. The van der Waals surface area contributed by atoms with Gasteiger partial charge >= 0.3 is 16.3 Å². The molecule has 11 heteroatoms. The molecule has 0 bridgehead atoms. The van der Waals surface area contributed by atoms with Gasteiger partial charge in [0.05, 0.1) is 13.2 Å². The van der Waals surface area contributed by atoms with E-state index in [9.17, 15) is 18.0 Å². The molecular weight excluding hydrogens is 352 g/mol. The summed E-state index contributed by atoms with van der Waals surface area (Å²) >= 11 is 0. The van der Waals surface area contributed by atoms with Gasteiger partial charge in [-0.3, -0.25) is 9.35 Å². The summed E-state index contributed by atoms with van der Waals surface area (Å²) < 4.78 is 31.8. The van der Waals surface area contributed by atoms with Crippen LogP contribution in [0.1, 0.15) is 26.2 Å². The Hall–Kier alpha value is -1.43. The summed E-state index contributed by atoms with van der Waals surface area (Å²) in [4.78, 5) is 28.0. The van der Waals surface area contributed by atoms with Gasteiger partial charge in [0.15, 0.2) is 0 Å². The minimum atomic E-state index is -4.60. The van der Waals surface area contributed by atoms with E-state index in [1.54, 1.807) is 0 Å². The lowest BCUT2D eigenvalue weighted by atomic mass is 10.1. The molecule has 25 heavy (non-hydrogen) atoms. The van der Waals surface area contributed by atoms with E-state index in [0.717, 1.165) is 32.4 Å². The molecule has 2 fully saturated rings. The number of rotatable bonds is 4. The monoisotopic (exact) mass is 378 g/mol. The molecule has 0 aliphatic carbocycles. The topological polar surface area (TPSA) is 130 Å². The van der Waals surface area contributed by atoms with Crippen LogP contribution in [0.3, 0.4) is 0 Å². The van der Waals surface area contributed by atoms with Gasteiger partial charge in [-0.25, -0.2) is 9.10 Å². The lowest BCUT2D eigenvalue weighted by molar-refractivity contribution is -0.133. The fraction of sp³-hybridized carbons (Fsp3) is 0.857. The van der Waals surface area contributed by atoms with Crippen LogP contribution in [0.2, 0.25) is 0 Å². The molecule has 10 nitrogen and oxygen atoms in total. The largest absolute Gasteiger partial charge is 0.395 e. The van der Waals surface area contributed by atoms with Crippen LogP contribution in [-0.4, -0.2) is 95.5 Å². The summed E-state index contributed by atoms with van der Waals surface area (Å²) in [7, 11) is -4.60. The van der Waals surface area contributed by atoms with Crippen LogP contribution in [-0.2, 0) is 15.1 Å². The number of hydrogen-bond donors (Lipinski definition) is 3. The fourth-order valence-electron chi connectivity index (χ4n) is 3.27. The van der Waals surface area contributed by atoms with Crippen LogP contribution >= 0.6 is 0 Å². The van der Waals surface area contributed by atoms with Crippen LogP contribution in [0, 0.1) is 0 Å². The Morgan fingerprint density at radius 1 is 1.24 bits per heavy atom. The molecule has 0 aromatic heterocycles. The molecule has 0 saturated carbocycles. The standard InChI is InChI=1S/C14H26N4O6S/c1-11-13(20)18(25(22,23)24)8-7-17(11)14(21)15-12-3-2-5-16(6-4-12)9-10-19/h11-12,19H,2-10H2,1H3,(H,15,21)(H,22,23,24). The van der Waals surface area contributed by atoms with Gasteiger partial charge < -0.3 is 20.2 Å². The van der Waals surface area contributed by atoms with Gasteiger partial charge in [0.25, 0.3) is 5.91 Å². The molecular formula is C14H26N4O6S. The lowest BCUT2D eigenvalue weighted by Crippen LogP contribution is -2.61. The van der Waals surface area contributed by atoms with Crippen molar-refractivity contribution in [3.05, 3.63) is 0 Å². The minimum absolute atomic E-state index is 0.0295. The Labute approximate surface area is 147 Å². The Bertz CT molecular complexity index is 598. The number of carbonyl (C=O) groups excluding carboxylic acids is 2. The van der Waals surface area contributed by atoms with Crippen molar-refractivity contribution in [2.45, 2.75) is 38.3 Å². The Balaban J connectivity index is 1.92. The van der Waals surface area contributed by atoms with E-state index in [0.29, 0.717) is 10.8 Å². The number of amides is 3. The molecule has 2 aliphatic rings. The van der Waals surface area contributed by atoms with Crippen molar-refractivity contribution in [1.29, 1.82) is 0 Å². The van der Waals surface area contributed by atoms with Gasteiger partial charge in [0.2, 0.25) is 0 Å². The van der Waals surface area contributed by atoms with Crippen LogP contribution in [0.25, 0.3) is 0 Å². The molecule has 144 valence electrons. The molecule has 2 aliphatic heterocycles. The fourth-order valence-corrected chi connectivity index (χ4v) is 3.97. The van der Waals surface area contributed by atoms with E-state index in [-0.39, 0.29) is 25.7 Å². The zero-order valence-corrected chi connectivity index (χ0v) is 15.1. The van der Waals surface area contributed by atoms with Crippen LogP contribution in [0.15, 0.2) is 0 Å². The third-order valence-corrected chi connectivity index (χ3v) is 5.64. The highest BCUT2D eigenvalue weighted by Crippen LogP contribution is 2.16. The van der Waals surface area contributed by atoms with E-state index in [4.69, 9.17) is 9.66 Å². The predicted octanol–water partition coefficient (Wildman–Crippen LogP) is -1.12. The van der Waals surface area contributed by atoms with Gasteiger partial charge in [-0.1, -0.05) is 0 Å². The first-order valence-corrected chi connectivity index (χ1v) is 9.83. The minimum Gasteiger partial charge on any atom is -0.395 e. The lowest BCUT2D eigenvalue weighted by Gasteiger charge is -2.37. The number of nitrogens with one attached hydrogen (secondary N) is 1. The summed E-state index contributed by atoms with van der Waals surface area (Å²) in [5, 5.41) is 11.9. The molecule has 2 atom stereocenters. The number of carbonyl (C=O) groups is 2. The maximum atomic E-state index is 12.5. The van der Waals surface area contributed by atoms with Crippen molar-refractivity contribution in [3.8, 4) is 0 Å². The second-order valence-corrected chi connectivity index (χ2v) is 7.74. The van der Waals surface area contributed by atoms with Crippen LogP contribution in [0.4, 0.5) is 4.79 Å². The van der Waals surface area contributed by atoms with E-state index in [1.165, 1.54) is 11.8 Å². The zero-order chi connectivity index (χ0) is 18.6. The Morgan fingerprint density at radius 3 is 2.60 bits per heavy atom. The average molecular weight is 378 g/mol. The maximum absolute atomic E-state index is 12.5. The number of urea groups is 1. The molecule has 0 spiro atoms. The molecule has 3 N–H and O–H groups in total. The number of β-amino-alcohol motifs (C(OH)–C–C–N with tert-alkyl or cyclic N) is 1. The van der Waals surface area contributed by atoms with Crippen molar-refractivity contribution in [1.82, 2.24) is 19.4 Å². The third kappa shape index (κ3) is 5.03. The van der Waals surface area contributed by atoms with Gasteiger partial charge in [0.1, 0.15) is 6.04 Å². The highest BCUT2D eigenvalue weighted by atomic mass is 32.2. The van der Waals surface area contributed by atoms with Crippen molar-refractivity contribution in [2.24, 2.45) is 0 Å². The smallest absolute Gasteiger partial charge is 0.362 e. The first kappa shape index (κ1) is 19.9. The number of hydrogen-bond acceptors (Lipinski definition) is 6. The van der Waals surface area contributed by atoms with E-state index >= 15 is 0 Å². The first-order chi connectivity index (χ1) is 11.7. The molecule has 0 aromatic carbocycles. The molecule has 2 saturated heterocycles. The molecule has 2 rings (SSSR count). The van der Waals surface area contributed by atoms with Gasteiger partial charge in [0, 0.05) is 25.7 Å². The Kier molecular flexibility index (Phi) is 6.60. The van der Waals surface area contributed by atoms with E-state index < -0.39 is 28.3 Å². The number of likely N-dealkylation sites (tertiary alicyclic amines) is 1. The predicted molar refractivity (Wildman–Crippen MR) is 89.1 cm³/mol. The molecule has 2 heterocycles. The second kappa shape index (κ2) is 8.30. The van der Waals surface area contributed by atoms with E-state index in [1.807, 2.05) is 0 Å². The quantitative estimate of drug-likeness (QED) is 0.528. The summed E-state index contributed by atoms with van der Waals surface area (Å²) in [6.45, 7) is 3.57. The Morgan fingerprint density at radius 2 is 1.96 bits per heavy atom. The normalized spacial score (nSPS) is 26.4. The number of aliphatic hydroxyl groups is 1. The van der Waals surface area contributed by atoms with Crippen molar-refractivity contribution < 1.29 is 27.7 Å². The van der Waals surface area contributed by atoms with Gasteiger partial charge in [-0.05, 0) is 32.7 Å². The number of nitrogens with zero attached hydrogens (tertiary/aromatic N) is 3.